The van der Waals surface area contributed by atoms with Gasteiger partial charge in [-0.05, 0) is 31.0 Å². The van der Waals surface area contributed by atoms with Crippen molar-refractivity contribution in [2.24, 2.45) is 0 Å². The first-order valence-electron chi connectivity index (χ1n) is 7.31. The van der Waals surface area contributed by atoms with Crippen LogP contribution in [0.4, 0.5) is 4.39 Å². The molecule has 1 atom stereocenters. The molecule has 0 radical (unpaired) electrons. The van der Waals surface area contributed by atoms with Crippen molar-refractivity contribution in [2.45, 2.75) is 25.8 Å². The normalized spacial score (nSPS) is 17.5. The monoisotopic (exact) mass is 300 g/mol. The minimum absolute atomic E-state index is 0.0262. The Kier molecular flexibility index (Phi) is 4.04. The van der Waals surface area contributed by atoms with Gasteiger partial charge < -0.3 is 9.64 Å². The van der Waals surface area contributed by atoms with E-state index < -0.39 is 5.82 Å². The first-order valence-corrected chi connectivity index (χ1v) is 7.31. The van der Waals surface area contributed by atoms with Gasteiger partial charge in [0, 0.05) is 19.5 Å². The summed E-state index contributed by atoms with van der Waals surface area (Å²) in [5.74, 6) is 0.0886. The molecule has 1 aliphatic rings. The zero-order valence-electron chi connectivity index (χ0n) is 12.3. The van der Waals surface area contributed by atoms with Gasteiger partial charge in [-0.3, -0.25) is 4.79 Å². The lowest BCUT2D eigenvalue weighted by atomic mass is 10.1. The maximum Gasteiger partial charge on any atom is 0.220 e. The molecule has 1 amide bonds. The van der Waals surface area contributed by atoms with Gasteiger partial charge in [0.25, 0.3) is 0 Å². The van der Waals surface area contributed by atoms with Gasteiger partial charge in [-0.2, -0.15) is 0 Å². The van der Waals surface area contributed by atoms with E-state index in [0.29, 0.717) is 5.88 Å². The summed E-state index contributed by atoms with van der Waals surface area (Å²) in [4.78, 5) is 17.9. The van der Waals surface area contributed by atoms with Crippen molar-refractivity contribution in [3.63, 3.8) is 0 Å². The van der Waals surface area contributed by atoms with E-state index in [2.05, 4.69) is 4.98 Å². The zero-order chi connectivity index (χ0) is 15.5. The zero-order valence-corrected chi connectivity index (χ0v) is 12.3. The molecule has 1 aromatic carbocycles. The maximum absolute atomic E-state index is 13.6. The van der Waals surface area contributed by atoms with Gasteiger partial charge in [-0.25, -0.2) is 9.37 Å². The Bertz CT molecular complexity index is 690. The fourth-order valence-electron chi connectivity index (χ4n) is 2.76. The van der Waals surface area contributed by atoms with Crippen molar-refractivity contribution in [1.29, 1.82) is 0 Å². The number of carbonyl (C=O) groups is 1. The topological polar surface area (TPSA) is 42.4 Å². The van der Waals surface area contributed by atoms with Crippen LogP contribution in [0.3, 0.4) is 0 Å². The summed E-state index contributed by atoms with van der Waals surface area (Å²) >= 11 is 0. The van der Waals surface area contributed by atoms with Crippen molar-refractivity contribution in [3.05, 3.63) is 54.0 Å². The van der Waals surface area contributed by atoms with Crippen LogP contribution in [-0.4, -0.2) is 22.3 Å². The number of para-hydroxylation sites is 1. The number of benzene rings is 1. The standard InChI is InChI=1S/C17H17FN2O2/c1-12(21)20-11-5-8-15(20)14-7-4-10-17(19-14)22-16-9-3-2-6-13(16)18/h2-4,6-7,9-10,15H,5,8,11H2,1H3/t15-/m1/s1. The van der Waals surface area contributed by atoms with Crippen LogP contribution in [0.5, 0.6) is 11.6 Å². The predicted octanol–water partition coefficient (Wildman–Crippen LogP) is 3.70. The van der Waals surface area contributed by atoms with Gasteiger partial charge in [0.1, 0.15) is 0 Å². The van der Waals surface area contributed by atoms with Crippen LogP contribution in [0.25, 0.3) is 0 Å². The Morgan fingerprint density at radius 1 is 1.27 bits per heavy atom. The van der Waals surface area contributed by atoms with Crippen LogP contribution in [0.15, 0.2) is 42.5 Å². The molecule has 22 heavy (non-hydrogen) atoms. The molecule has 0 aliphatic carbocycles. The summed E-state index contributed by atoms with van der Waals surface area (Å²) < 4.78 is 19.2. The molecule has 5 heteroatoms. The van der Waals surface area contributed by atoms with Crippen LogP contribution in [0.1, 0.15) is 31.5 Å². The van der Waals surface area contributed by atoms with E-state index in [1.165, 1.54) is 6.07 Å². The molecule has 0 spiro atoms. The number of ether oxygens (including phenoxy) is 1. The molecule has 0 saturated carbocycles. The molecule has 2 heterocycles. The molecule has 3 rings (SSSR count). The lowest BCUT2D eigenvalue weighted by Crippen LogP contribution is -2.28. The van der Waals surface area contributed by atoms with E-state index in [1.54, 1.807) is 31.2 Å². The van der Waals surface area contributed by atoms with Gasteiger partial charge in [0.15, 0.2) is 11.6 Å². The number of halogens is 1. The molecule has 1 aliphatic heterocycles. The van der Waals surface area contributed by atoms with Gasteiger partial charge in [0.05, 0.1) is 11.7 Å². The van der Waals surface area contributed by atoms with Crippen LogP contribution >= 0.6 is 0 Å². The molecule has 0 unspecified atom stereocenters. The summed E-state index contributed by atoms with van der Waals surface area (Å²) in [6.07, 6.45) is 1.85. The molecule has 114 valence electrons. The highest BCUT2D eigenvalue weighted by Crippen LogP contribution is 2.32. The van der Waals surface area contributed by atoms with Crippen LogP contribution in [0.2, 0.25) is 0 Å². The van der Waals surface area contributed by atoms with Gasteiger partial charge >= 0.3 is 0 Å². The van der Waals surface area contributed by atoms with Crippen LogP contribution in [0, 0.1) is 5.82 Å². The van der Waals surface area contributed by atoms with E-state index in [4.69, 9.17) is 4.74 Å². The number of rotatable bonds is 3. The van der Waals surface area contributed by atoms with E-state index in [9.17, 15) is 9.18 Å². The second-order valence-electron chi connectivity index (χ2n) is 5.30. The molecular weight excluding hydrogens is 283 g/mol. The van der Waals surface area contributed by atoms with Gasteiger partial charge in [-0.1, -0.05) is 18.2 Å². The Morgan fingerprint density at radius 3 is 2.86 bits per heavy atom. The minimum Gasteiger partial charge on any atom is -0.436 e. The van der Waals surface area contributed by atoms with Crippen molar-refractivity contribution in [3.8, 4) is 11.6 Å². The highest BCUT2D eigenvalue weighted by molar-refractivity contribution is 5.74. The molecule has 1 fully saturated rings. The Hall–Kier alpha value is -2.43. The average Bonchev–Trinajstić information content (AvgIpc) is 3.00. The van der Waals surface area contributed by atoms with Crippen molar-refractivity contribution >= 4 is 5.91 Å². The highest BCUT2D eigenvalue weighted by Gasteiger charge is 2.29. The van der Waals surface area contributed by atoms with E-state index in [1.807, 2.05) is 17.0 Å². The highest BCUT2D eigenvalue weighted by atomic mass is 19.1. The van der Waals surface area contributed by atoms with E-state index in [0.717, 1.165) is 25.1 Å². The Labute approximate surface area is 128 Å². The number of pyridine rings is 1. The maximum atomic E-state index is 13.6. The summed E-state index contributed by atoms with van der Waals surface area (Å²) in [5, 5.41) is 0. The number of nitrogens with zero attached hydrogens (tertiary/aromatic N) is 2. The number of hydrogen-bond donors (Lipinski definition) is 0. The lowest BCUT2D eigenvalue weighted by Gasteiger charge is -2.23. The van der Waals surface area contributed by atoms with Crippen molar-refractivity contribution in [2.75, 3.05) is 6.54 Å². The number of carbonyl (C=O) groups excluding carboxylic acids is 1. The van der Waals surface area contributed by atoms with Crippen LogP contribution < -0.4 is 4.74 Å². The summed E-state index contributed by atoms with van der Waals surface area (Å²) in [6, 6.07) is 11.6. The van der Waals surface area contributed by atoms with Crippen LogP contribution in [-0.2, 0) is 4.79 Å². The first kappa shape index (κ1) is 14.5. The van der Waals surface area contributed by atoms with Crippen molar-refractivity contribution < 1.29 is 13.9 Å². The third kappa shape index (κ3) is 2.93. The molecular formula is C17H17FN2O2. The third-order valence-corrected chi connectivity index (χ3v) is 3.79. The molecule has 0 N–H and O–H groups in total. The number of amides is 1. The first-order chi connectivity index (χ1) is 10.6. The largest absolute Gasteiger partial charge is 0.436 e. The fourth-order valence-corrected chi connectivity index (χ4v) is 2.76. The fraction of sp³-hybridized carbons (Fsp3) is 0.294. The summed E-state index contributed by atoms with van der Waals surface area (Å²) in [7, 11) is 0. The molecule has 2 aromatic rings. The molecule has 4 nitrogen and oxygen atoms in total. The number of likely N-dealkylation sites (tertiary alicyclic amines) is 1. The smallest absolute Gasteiger partial charge is 0.220 e. The predicted molar refractivity (Wildman–Crippen MR) is 80.1 cm³/mol. The average molecular weight is 300 g/mol. The Morgan fingerprint density at radius 2 is 2.09 bits per heavy atom. The number of hydrogen-bond acceptors (Lipinski definition) is 3. The molecule has 1 aromatic heterocycles. The van der Waals surface area contributed by atoms with E-state index in [-0.39, 0.29) is 17.7 Å². The quantitative estimate of drug-likeness (QED) is 0.868. The minimum atomic E-state index is -0.430. The second-order valence-corrected chi connectivity index (χ2v) is 5.30. The lowest BCUT2D eigenvalue weighted by molar-refractivity contribution is -0.129. The number of aromatic nitrogens is 1. The molecule has 1 saturated heterocycles. The van der Waals surface area contributed by atoms with Crippen molar-refractivity contribution in [1.82, 2.24) is 9.88 Å². The van der Waals surface area contributed by atoms with E-state index >= 15 is 0 Å². The summed E-state index contributed by atoms with van der Waals surface area (Å²) in [6.45, 7) is 2.32. The second kappa shape index (κ2) is 6.13. The Balaban J connectivity index is 1.84. The molecule has 0 bridgehead atoms. The third-order valence-electron chi connectivity index (χ3n) is 3.79. The van der Waals surface area contributed by atoms with Gasteiger partial charge in [0.2, 0.25) is 11.8 Å². The summed E-state index contributed by atoms with van der Waals surface area (Å²) in [5.41, 5.74) is 0.779. The van der Waals surface area contributed by atoms with Gasteiger partial charge in [-0.15, -0.1) is 0 Å². The SMILES string of the molecule is CC(=O)N1CCC[C@@H]1c1cccc(Oc2ccccc2F)n1.